The van der Waals surface area contributed by atoms with Crippen molar-refractivity contribution in [2.75, 3.05) is 18.5 Å². The highest BCUT2D eigenvalue weighted by molar-refractivity contribution is 5.90. The molecule has 0 heterocycles. The van der Waals surface area contributed by atoms with E-state index in [1.54, 1.807) is 0 Å². The molecule has 0 spiro atoms. The highest BCUT2D eigenvalue weighted by Crippen LogP contribution is 2.30. The quantitative estimate of drug-likeness (QED) is 0.692. The molecule has 1 saturated carbocycles. The molecule has 0 aliphatic heterocycles. The van der Waals surface area contributed by atoms with Crippen LogP contribution in [0.25, 0.3) is 0 Å². The monoisotopic (exact) mass is 400 g/mol. The third kappa shape index (κ3) is 7.43. The zero-order valence-electron chi connectivity index (χ0n) is 14.2. The molecule has 1 aliphatic rings. The van der Waals surface area contributed by atoms with Crippen molar-refractivity contribution in [3.63, 3.8) is 0 Å². The van der Waals surface area contributed by atoms with E-state index in [1.807, 2.05) is 6.92 Å². The van der Waals surface area contributed by atoms with Crippen molar-refractivity contribution in [1.29, 1.82) is 0 Å². The van der Waals surface area contributed by atoms with Gasteiger partial charge < -0.3 is 20.1 Å². The second-order valence-electron chi connectivity index (χ2n) is 6.26. The van der Waals surface area contributed by atoms with Gasteiger partial charge in [-0.05, 0) is 18.8 Å². The number of ether oxygens (including phenoxy) is 2. The van der Waals surface area contributed by atoms with Crippen LogP contribution in [0, 0.1) is 5.92 Å². The van der Waals surface area contributed by atoms with Gasteiger partial charge >= 0.3 is 18.4 Å². The number of hydrogen-bond donors (Lipinski definition) is 2. The number of carbonyl (C=O) groups is 1. The summed E-state index contributed by atoms with van der Waals surface area (Å²) < 4.78 is 82.9. The summed E-state index contributed by atoms with van der Waals surface area (Å²) in [6.07, 6.45) is -7.51. The van der Waals surface area contributed by atoms with Gasteiger partial charge in [-0.3, -0.25) is 0 Å². The van der Waals surface area contributed by atoms with Gasteiger partial charge in [-0.15, -0.1) is 0 Å². The number of halogens is 6. The average molecular weight is 400 g/mol. The number of urea groups is 1. The van der Waals surface area contributed by atoms with Crippen LogP contribution in [0.1, 0.15) is 19.8 Å². The zero-order valence-corrected chi connectivity index (χ0v) is 14.2. The number of hydrogen-bond acceptors (Lipinski definition) is 3. The summed E-state index contributed by atoms with van der Waals surface area (Å²) in [6, 6.07) is 2.36. The highest BCUT2D eigenvalue weighted by atomic mass is 19.4. The molecule has 2 atom stereocenters. The van der Waals surface area contributed by atoms with E-state index in [2.05, 4.69) is 20.1 Å². The maximum atomic E-state index is 12.3. The third-order valence-corrected chi connectivity index (χ3v) is 3.88. The topological polar surface area (TPSA) is 59.6 Å². The Hall–Kier alpha value is -2.33. The van der Waals surface area contributed by atoms with E-state index in [1.165, 1.54) is 0 Å². The summed E-state index contributed by atoms with van der Waals surface area (Å²) in [6.45, 7) is -1.33. The van der Waals surface area contributed by atoms with Gasteiger partial charge in [-0.25, -0.2) is 4.79 Å². The van der Waals surface area contributed by atoms with E-state index in [0.717, 1.165) is 31.0 Å². The third-order valence-electron chi connectivity index (χ3n) is 3.88. The Morgan fingerprint density at radius 1 is 1.00 bits per heavy atom. The van der Waals surface area contributed by atoms with Crippen LogP contribution in [-0.2, 0) is 0 Å². The van der Waals surface area contributed by atoms with Gasteiger partial charge in [0.2, 0.25) is 0 Å². The molecule has 1 aromatic rings. The number of alkyl halides is 6. The fourth-order valence-electron chi connectivity index (χ4n) is 2.36. The Kier molecular flexibility index (Phi) is 6.32. The summed E-state index contributed by atoms with van der Waals surface area (Å²) in [4.78, 5) is 12.0. The molecule has 27 heavy (non-hydrogen) atoms. The first-order chi connectivity index (χ1) is 12.4. The number of anilines is 1. The fourth-order valence-corrected chi connectivity index (χ4v) is 2.36. The van der Waals surface area contributed by atoms with Crippen molar-refractivity contribution < 1.29 is 40.6 Å². The summed E-state index contributed by atoms with van der Waals surface area (Å²) in [7, 11) is 0. The van der Waals surface area contributed by atoms with E-state index in [9.17, 15) is 31.1 Å². The Labute approximate surface area is 151 Å². The molecular formula is C16H18F6N2O3. The molecule has 0 saturated heterocycles. The molecule has 1 aromatic carbocycles. The molecule has 0 radical (unpaired) electrons. The van der Waals surface area contributed by atoms with E-state index < -0.39 is 31.6 Å². The van der Waals surface area contributed by atoms with Crippen molar-refractivity contribution in [3.8, 4) is 11.5 Å². The van der Waals surface area contributed by atoms with E-state index >= 15 is 0 Å². The van der Waals surface area contributed by atoms with Crippen LogP contribution in [0.3, 0.4) is 0 Å². The Balaban J connectivity index is 2.08. The summed E-state index contributed by atoms with van der Waals surface area (Å²) in [5, 5.41) is 5.04. The van der Waals surface area contributed by atoms with Gasteiger partial charge in [0.05, 0.1) is 0 Å². The summed E-state index contributed by atoms with van der Waals surface area (Å²) in [5.74, 6) is -0.485. The van der Waals surface area contributed by atoms with E-state index in [0.29, 0.717) is 5.92 Å². The average Bonchev–Trinajstić information content (AvgIpc) is 2.53. The largest absolute Gasteiger partial charge is 0.484 e. The second kappa shape index (κ2) is 8.13. The van der Waals surface area contributed by atoms with Crippen molar-refractivity contribution >= 4 is 11.7 Å². The van der Waals surface area contributed by atoms with Crippen molar-refractivity contribution in [2.45, 2.75) is 38.2 Å². The van der Waals surface area contributed by atoms with Crippen molar-refractivity contribution in [3.05, 3.63) is 18.2 Å². The number of rotatable bonds is 6. The van der Waals surface area contributed by atoms with Crippen LogP contribution in [0.4, 0.5) is 36.8 Å². The lowest BCUT2D eigenvalue weighted by molar-refractivity contribution is -0.153. The highest BCUT2D eigenvalue weighted by Gasteiger charge is 2.30. The second-order valence-corrected chi connectivity index (χ2v) is 6.26. The first-order valence-electron chi connectivity index (χ1n) is 8.03. The van der Waals surface area contributed by atoms with Gasteiger partial charge in [-0.1, -0.05) is 6.92 Å². The molecule has 11 heteroatoms. The number of nitrogens with one attached hydrogen (secondary N) is 2. The maximum absolute atomic E-state index is 12.3. The van der Waals surface area contributed by atoms with Crippen LogP contribution in [0.2, 0.25) is 0 Å². The molecule has 2 rings (SSSR count). The van der Waals surface area contributed by atoms with Crippen LogP contribution in [0.5, 0.6) is 11.5 Å². The van der Waals surface area contributed by atoms with Gasteiger partial charge in [0.25, 0.3) is 0 Å². The van der Waals surface area contributed by atoms with Gasteiger partial charge in [0.15, 0.2) is 13.2 Å². The molecule has 0 bridgehead atoms. The first kappa shape index (κ1) is 21.0. The number of carbonyl (C=O) groups excluding carboxylic acids is 1. The van der Waals surface area contributed by atoms with Crippen molar-refractivity contribution in [1.82, 2.24) is 5.32 Å². The maximum Gasteiger partial charge on any atom is 0.422 e. The normalized spacial score (nSPS) is 19.8. The van der Waals surface area contributed by atoms with Crippen LogP contribution >= 0.6 is 0 Å². The molecular weight excluding hydrogens is 382 g/mol. The first-order valence-corrected chi connectivity index (χ1v) is 8.03. The van der Waals surface area contributed by atoms with E-state index in [4.69, 9.17) is 0 Å². The fraction of sp³-hybridized carbons (Fsp3) is 0.562. The van der Waals surface area contributed by atoms with Crippen molar-refractivity contribution in [2.24, 2.45) is 5.92 Å². The Bertz CT molecular complexity index is 626. The Morgan fingerprint density at radius 3 is 1.89 bits per heavy atom. The molecule has 1 aliphatic carbocycles. The minimum atomic E-state index is -4.63. The van der Waals surface area contributed by atoms with Gasteiger partial charge in [0.1, 0.15) is 11.5 Å². The SMILES string of the molecule is CC1CCC1NC(=O)Nc1cc(OCC(F)(F)F)cc(OCC(F)(F)F)c1. The van der Waals surface area contributed by atoms with Gasteiger partial charge in [-0.2, -0.15) is 26.3 Å². The number of benzene rings is 1. The van der Waals surface area contributed by atoms with Crippen LogP contribution in [0.15, 0.2) is 18.2 Å². The van der Waals surface area contributed by atoms with Crippen LogP contribution < -0.4 is 20.1 Å². The molecule has 2 amide bonds. The number of amides is 2. The predicted molar refractivity (Wildman–Crippen MR) is 83.9 cm³/mol. The molecule has 152 valence electrons. The lowest BCUT2D eigenvalue weighted by Crippen LogP contribution is -2.47. The Morgan fingerprint density at radius 2 is 1.52 bits per heavy atom. The molecule has 5 nitrogen and oxygen atoms in total. The van der Waals surface area contributed by atoms with Crippen LogP contribution in [-0.4, -0.2) is 37.6 Å². The van der Waals surface area contributed by atoms with E-state index in [-0.39, 0.29) is 23.2 Å². The minimum absolute atomic E-state index is 0.0318. The predicted octanol–water partition coefficient (Wildman–Crippen LogP) is 4.49. The molecule has 0 aromatic heterocycles. The molecule has 2 N–H and O–H groups in total. The lowest BCUT2D eigenvalue weighted by atomic mass is 9.81. The summed E-state index contributed by atoms with van der Waals surface area (Å²) >= 11 is 0. The summed E-state index contributed by atoms with van der Waals surface area (Å²) in [5.41, 5.74) is -0.0590. The molecule has 2 unspecified atom stereocenters. The zero-order chi connectivity index (χ0) is 20.2. The lowest BCUT2D eigenvalue weighted by Gasteiger charge is -2.34. The minimum Gasteiger partial charge on any atom is -0.484 e. The standard InChI is InChI=1S/C16H18F6N2O3/c1-9-2-3-13(9)24-14(25)23-10-4-11(26-7-15(17,18)19)6-12(5-10)27-8-16(20,21)22/h4-6,9,13H,2-3,7-8H2,1H3,(H2,23,24,25). The molecule has 1 fully saturated rings. The smallest absolute Gasteiger partial charge is 0.422 e. The van der Waals surface area contributed by atoms with Gasteiger partial charge in [0, 0.05) is 29.9 Å².